The lowest BCUT2D eigenvalue weighted by Gasteiger charge is -2.35. The number of hydrogen-bond donors (Lipinski definition) is 2. The van der Waals surface area contributed by atoms with Crippen LogP contribution in [0.4, 0.5) is 0 Å². The number of nitrogens with one attached hydrogen (secondary N) is 1. The fourth-order valence-electron chi connectivity index (χ4n) is 2.93. The van der Waals surface area contributed by atoms with Crippen LogP contribution >= 0.6 is 11.6 Å². The minimum Gasteiger partial charge on any atom is -0.497 e. The third-order valence-corrected chi connectivity index (χ3v) is 4.57. The van der Waals surface area contributed by atoms with E-state index in [0.717, 1.165) is 23.5 Å². The van der Waals surface area contributed by atoms with Gasteiger partial charge in [-0.25, -0.2) is 4.99 Å². The van der Waals surface area contributed by atoms with Gasteiger partial charge in [-0.05, 0) is 48.4 Å². The number of aliphatic imine (C=N–C) groups is 2. The van der Waals surface area contributed by atoms with Crippen molar-refractivity contribution in [3.05, 3.63) is 59.1 Å². The average Bonchev–Trinajstić information content (AvgIpc) is 2.72. The second-order valence-corrected chi connectivity index (χ2v) is 6.62. The molecule has 0 radical (unpaired) electrons. The van der Waals surface area contributed by atoms with Gasteiger partial charge in [0, 0.05) is 18.6 Å². The zero-order valence-electron chi connectivity index (χ0n) is 15.9. The molecule has 1 heterocycles. The molecule has 3 rings (SSSR count). The van der Waals surface area contributed by atoms with E-state index in [2.05, 4.69) is 20.2 Å². The number of methoxy groups -OCH3 is 1. The van der Waals surface area contributed by atoms with E-state index in [0.29, 0.717) is 30.1 Å². The monoisotopic (exact) mass is 401 g/mol. The zero-order valence-corrected chi connectivity index (χ0v) is 16.7. The molecule has 0 spiro atoms. The number of guanidine groups is 2. The van der Waals surface area contributed by atoms with Gasteiger partial charge in [-0.2, -0.15) is 0 Å². The highest BCUT2D eigenvalue weighted by Gasteiger charge is 2.27. The van der Waals surface area contributed by atoms with Crippen molar-refractivity contribution in [2.24, 2.45) is 15.7 Å². The summed E-state index contributed by atoms with van der Waals surface area (Å²) in [5, 5.41) is 3.72. The number of benzene rings is 2. The Bertz CT molecular complexity index is 837. The predicted octanol–water partition coefficient (Wildman–Crippen LogP) is 3.02. The quantitative estimate of drug-likeness (QED) is 0.696. The Labute approximate surface area is 169 Å². The number of nitrogens with zero attached hydrogens (tertiary/aromatic N) is 3. The van der Waals surface area contributed by atoms with Gasteiger partial charge in [0.25, 0.3) is 0 Å². The first kappa shape index (κ1) is 19.8. The van der Waals surface area contributed by atoms with Crippen LogP contribution in [0, 0.1) is 0 Å². The van der Waals surface area contributed by atoms with Crippen LogP contribution in [0.25, 0.3) is 0 Å². The topological polar surface area (TPSA) is 84.5 Å². The highest BCUT2D eigenvalue weighted by Crippen LogP contribution is 2.26. The van der Waals surface area contributed by atoms with Crippen LogP contribution in [0.3, 0.4) is 0 Å². The molecule has 28 heavy (non-hydrogen) atoms. The van der Waals surface area contributed by atoms with Crippen molar-refractivity contribution in [2.75, 3.05) is 27.3 Å². The Balaban J connectivity index is 1.68. The second kappa shape index (κ2) is 9.32. The number of nitrogens with two attached hydrogens (primary N) is 1. The zero-order chi connectivity index (χ0) is 19.9. The molecule has 0 saturated heterocycles. The standard InChI is InChI=1S/C20H24ClN5O2/c1-23-20-25-19(22)24-18(14-4-8-16(27-2)9-5-14)26(20)12-3-13-28-17-10-6-15(21)7-11-17/h4-11,18H,3,12-13H2,1-2H3,(H3,22,23,24,25). The SMILES string of the molecule is CN=C1NC(N)=NC(c2ccc(OC)cc2)N1CCCOc1ccc(Cl)cc1. The first-order valence-electron chi connectivity index (χ1n) is 8.96. The summed E-state index contributed by atoms with van der Waals surface area (Å²) in [5.74, 6) is 2.61. The maximum absolute atomic E-state index is 5.96. The normalized spacial score (nSPS) is 17.8. The Morgan fingerprint density at radius 1 is 1.14 bits per heavy atom. The molecule has 7 nitrogen and oxygen atoms in total. The largest absolute Gasteiger partial charge is 0.497 e. The first-order chi connectivity index (χ1) is 13.6. The Morgan fingerprint density at radius 3 is 2.46 bits per heavy atom. The summed E-state index contributed by atoms with van der Waals surface area (Å²) in [5.41, 5.74) is 6.97. The summed E-state index contributed by atoms with van der Waals surface area (Å²) in [6.45, 7) is 1.25. The number of ether oxygens (including phenoxy) is 2. The van der Waals surface area contributed by atoms with E-state index < -0.39 is 0 Å². The molecule has 0 saturated carbocycles. The second-order valence-electron chi connectivity index (χ2n) is 6.18. The van der Waals surface area contributed by atoms with E-state index >= 15 is 0 Å². The molecule has 0 fully saturated rings. The van der Waals surface area contributed by atoms with Crippen molar-refractivity contribution in [3.63, 3.8) is 0 Å². The number of hydrogen-bond acceptors (Lipinski definition) is 5. The maximum atomic E-state index is 5.96. The molecule has 1 unspecified atom stereocenters. The van der Waals surface area contributed by atoms with Gasteiger partial charge in [-0.1, -0.05) is 23.7 Å². The van der Waals surface area contributed by atoms with Crippen molar-refractivity contribution in [2.45, 2.75) is 12.6 Å². The van der Waals surface area contributed by atoms with Gasteiger partial charge in [0.2, 0.25) is 5.96 Å². The number of rotatable bonds is 7. The first-order valence-corrected chi connectivity index (χ1v) is 9.34. The fraction of sp³-hybridized carbons (Fsp3) is 0.300. The molecule has 2 aromatic rings. The van der Waals surface area contributed by atoms with Gasteiger partial charge in [-0.15, -0.1) is 0 Å². The molecule has 148 valence electrons. The van der Waals surface area contributed by atoms with Crippen LogP contribution in [0.5, 0.6) is 11.5 Å². The Morgan fingerprint density at radius 2 is 1.82 bits per heavy atom. The highest BCUT2D eigenvalue weighted by atomic mass is 35.5. The van der Waals surface area contributed by atoms with Crippen molar-refractivity contribution >= 4 is 23.5 Å². The maximum Gasteiger partial charge on any atom is 0.202 e. The molecule has 1 aliphatic rings. The van der Waals surface area contributed by atoms with Gasteiger partial charge in [0.05, 0.1) is 13.7 Å². The lowest BCUT2D eigenvalue weighted by molar-refractivity contribution is 0.255. The molecule has 0 bridgehead atoms. The average molecular weight is 402 g/mol. The van der Waals surface area contributed by atoms with Gasteiger partial charge in [0.1, 0.15) is 11.5 Å². The van der Waals surface area contributed by atoms with Crippen molar-refractivity contribution < 1.29 is 9.47 Å². The van der Waals surface area contributed by atoms with E-state index in [9.17, 15) is 0 Å². The molecule has 0 amide bonds. The van der Waals surface area contributed by atoms with E-state index in [-0.39, 0.29) is 6.17 Å². The molecule has 8 heteroatoms. The molecule has 1 atom stereocenters. The van der Waals surface area contributed by atoms with Gasteiger partial charge < -0.3 is 20.1 Å². The molecular formula is C20H24ClN5O2. The summed E-state index contributed by atoms with van der Waals surface area (Å²) in [6, 6.07) is 15.1. The summed E-state index contributed by atoms with van der Waals surface area (Å²) in [4.78, 5) is 11.0. The van der Waals surface area contributed by atoms with Crippen LogP contribution in [-0.4, -0.2) is 44.1 Å². The van der Waals surface area contributed by atoms with Crippen molar-refractivity contribution in [3.8, 4) is 11.5 Å². The molecule has 1 aliphatic heterocycles. The summed E-state index contributed by atoms with van der Waals surface area (Å²) in [7, 11) is 3.37. The number of halogens is 1. The minimum atomic E-state index is -0.263. The molecule has 3 N–H and O–H groups in total. The van der Waals surface area contributed by atoms with Gasteiger partial charge in [0.15, 0.2) is 12.1 Å². The fourth-order valence-corrected chi connectivity index (χ4v) is 3.06. The lowest BCUT2D eigenvalue weighted by atomic mass is 10.1. The van der Waals surface area contributed by atoms with Gasteiger partial charge in [-0.3, -0.25) is 10.3 Å². The van der Waals surface area contributed by atoms with Crippen molar-refractivity contribution in [1.29, 1.82) is 0 Å². The van der Waals surface area contributed by atoms with Crippen LogP contribution in [-0.2, 0) is 0 Å². The summed E-state index contributed by atoms with van der Waals surface area (Å²) >= 11 is 5.90. The predicted molar refractivity (Wildman–Crippen MR) is 112 cm³/mol. The molecule has 2 aromatic carbocycles. The van der Waals surface area contributed by atoms with Gasteiger partial charge >= 0.3 is 0 Å². The van der Waals surface area contributed by atoms with E-state index in [4.69, 9.17) is 26.8 Å². The molecule has 0 aliphatic carbocycles. The lowest BCUT2D eigenvalue weighted by Crippen LogP contribution is -2.53. The Kier molecular flexibility index (Phi) is 6.60. The van der Waals surface area contributed by atoms with E-state index in [1.54, 1.807) is 14.2 Å². The summed E-state index contributed by atoms with van der Waals surface area (Å²) < 4.78 is 11.0. The Hall–Kier alpha value is -2.93. The summed E-state index contributed by atoms with van der Waals surface area (Å²) in [6.07, 6.45) is 0.521. The third kappa shape index (κ3) is 4.86. The third-order valence-electron chi connectivity index (χ3n) is 4.32. The van der Waals surface area contributed by atoms with Crippen molar-refractivity contribution in [1.82, 2.24) is 10.2 Å². The van der Waals surface area contributed by atoms with Crippen LogP contribution < -0.4 is 20.5 Å². The van der Waals surface area contributed by atoms with Crippen LogP contribution in [0.1, 0.15) is 18.2 Å². The smallest absolute Gasteiger partial charge is 0.202 e. The minimum absolute atomic E-state index is 0.263. The molecular weight excluding hydrogens is 378 g/mol. The van der Waals surface area contributed by atoms with E-state index in [1.807, 2.05) is 48.5 Å². The van der Waals surface area contributed by atoms with Crippen LogP contribution in [0.15, 0.2) is 58.5 Å². The highest BCUT2D eigenvalue weighted by molar-refractivity contribution is 6.30. The molecule has 0 aromatic heterocycles. The van der Waals surface area contributed by atoms with Crippen LogP contribution in [0.2, 0.25) is 5.02 Å². The van der Waals surface area contributed by atoms with E-state index in [1.165, 1.54) is 0 Å².